The number of carbonyl (C=O) groups excluding carboxylic acids is 1. The summed E-state index contributed by atoms with van der Waals surface area (Å²) in [4.78, 5) is 13.5. The first-order valence-electron chi connectivity index (χ1n) is 13.5. The van der Waals surface area contributed by atoms with Gasteiger partial charge in [0.25, 0.3) is 0 Å². The SMILES string of the molecule is CCc1cccc(CNC[C@@H](O)[C@H](Cc2cc(F)cc(F)c2)NC(=O)C(C)(C#N)Cc2ccc(OC)c(OC)c2)c1. The van der Waals surface area contributed by atoms with Crippen molar-refractivity contribution in [1.82, 2.24) is 10.6 Å². The Kier molecular flexibility index (Phi) is 11.2. The van der Waals surface area contributed by atoms with Gasteiger partial charge in [-0.1, -0.05) is 37.3 Å². The number of amides is 1. The smallest absolute Gasteiger partial charge is 0.240 e. The predicted molar refractivity (Wildman–Crippen MR) is 152 cm³/mol. The zero-order valence-corrected chi connectivity index (χ0v) is 23.8. The third kappa shape index (κ3) is 8.74. The lowest BCUT2D eigenvalue weighted by molar-refractivity contribution is -0.129. The second-order valence-corrected chi connectivity index (χ2v) is 10.2. The summed E-state index contributed by atoms with van der Waals surface area (Å²) in [6, 6.07) is 17.4. The Morgan fingerprint density at radius 1 is 0.976 bits per heavy atom. The van der Waals surface area contributed by atoms with E-state index in [1.165, 1.54) is 26.7 Å². The number of aliphatic hydroxyl groups is 1. The van der Waals surface area contributed by atoms with Gasteiger partial charge >= 0.3 is 0 Å². The van der Waals surface area contributed by atoms with Crippen LogP contribution in [0.4, 0.5) is 8.78 Å². The van der Waals surface area contributed by atoms with Crippen LogP contribution in [0.1, 0.15) is 36.1 Å². The minimum Gasteiger partial charge on any atom is -0.493 e. The van der Waals surface area contributed by atoms with E-state index in [0.29, 0.717) is 23.6 Å². The predicted octanol–water partition coefficient (Wildman–Crippen LogP) is 4.49. The highest BCUT2D eigenvalue weighted by atomic mass is 19.1. The Morgan fingerprint density at radius 3 is 2.29 bits per heavy atom. The second-order valence-electron chi connectivity index (χ2n) is 10.2. The van der Waals surface area contributed by atoms with Gasteiger partial charge in [-0.3, -0.25) is 4.79 Å². The highest BCUT2D eigenvalue weighted by molar-refractivity contribution is 5.85. The van der Waals surface area contributed by atoms with Gasteiger partial charge in [-0.25, -0.2) is 8.78 Å². The molecule has 9 heteroatoms. The van der Waals surface area contributed by atoms with Crippen LogP contribution in [0.2, 0.25) is 0 Å². The van der Waals surface area contributed by atoms with E-state index in [1.807, 2.05) is 18.2 Å². The molecule has 0 radical (unpaired) electrons. The van der Waals surface area contributed by atoms with Crippen LogP contribution in [-0.4, -0.2) is 43.9 Å². The Labute approximate surface area is 240 Å². The molecular weight excluding hydrogens is 528 g/mol. The van der Waals surface area contributed by atoms with E-state index in [9.17, 15) is 23.9 Å². The molecule has 3 aromatic carbocycles. The molecule has 3 N–H and O–H groups in total. The molecule has 0 saturated heterocycles. The molecule has 218 valence electrons. The van der Waals surface area contributed by atoms with Crippen LogP contribution in [0, 0.1) is 28.4 Å². The van der Waals surface area contributed by atoms with Gasteiger partial charge < -0.3 is 25.2 Å². The molecule has 0 spiro atoms. The van der Waals surface area contributed by atoms with Crippen LogP contribution in [0.5, 0.6) is 11.5 Å². The molecule has 0 fully saturated rings. The fraction of sp³-hybridized carbons (Fsp3) is 0.375. The molecule has 3 aromatic rings. The molecule has 7 nitrogen and oxygen atoms in total. The maximum absolute atomic E-state index is 13.9. The van der Waals surface area contributed by atoms with Gasteiger partial charge in [0.05, 0.1) is 32.4 Å². The molecule has 0 aliphatic carbocycles. The molecule has 0 heterocycles. The largest absolute Gasteiger partial charge is 0.493 e. The van der Waals surface area contributed by atoms with Gasteiger partial charge in [0, 0.05) is 19.2 Å². The molecule has 1 amide bonds. The van der Waals surface area contributed by atoms with Crippen LogP contribution in [0.15, 0.2) is 60.7 Å². The van der Waals surface area contributed by atoms with E-state index in [-0.39, 0.29) is 24.9 Å². The summed E-state index contributed by atoms with van der Waals surface area (Å²) in [6.07, 6.45) is -0.218. The maximum atomic E-state index is 13.9. The van der Waals surface area contributed by atoms with Gasteiger partial charge in [-0.2, -0.15) is 5.26 Å². The molecule has 0 bridgehead atoms. The van der Waals surface area contributed by atoms with Gasteiger partial charge in [-0.15, -0.1) is 0 Å². The summed E-state index contributed by atoms with van der Waals surface area (Å²) in [7, 11) is 3.01. The average Bonchev–Trinajstić information content (AvgIpc) is 2.96. The van der Waals surface area contributed by atoms with Crippen molar-refractivity contribution in [3.8, 4) is 17.6 Å². The first kappa shape index (κ1) is 31.5. The topological polar surface area (TPSA) is 104 Å². The number of halogens is 2. The van der Waals surface area contributed by atoms with Gasteiger partial charge in [0.1, 0.15) is 17.0 Å². The summed E-state index contributed by atoms with van der Waals surface area (Å²) in [5.41, 5.74) is 1.64. The molecule has 0 aliphatic heterocycles. The fourth-order valence-corrected chi connectivity index (χ4v) is 4.63. The Balaban J connectivity index is 1.78. The van der Waals surface area contributed by atoms with E-state index in [1.54, 1.807) is 18.2 Å². The average molecular weight is 566 g/mol. The molecule has 0 aromatic heterocycles. The van der Waals surface area contributed by atoms with Crippen molar-refractivity contribution in [3.05, 3.63) is 94.6 Å². The van der Waals surface area contributed by atoms with Crippen molar-refractivity contribution < 1.29 is 28.2 Å². The van der Waals surface area contributed by atoms with Crippen LogP contribution in [-0.2, 0) is 30.6 Å². The van der Waals surface area contributed by atoms with Crippen molar-refractivity contribution in [1.29, 1.82) is 5.26 Å². The zero-order valence-electron chi connectivity index (χ0n) is 23.8. The number of nitriles is 1. The zero-order chi connectivity index (χ0) is 30.0. The summed E-state index contributed by atoms with van der Waals surface area (Å²) >= 11 is 0. The number of methoxy groups -OCH3 is 2. The van der Waals surface area contributed by atoms with Crippen LogP contribution in [0.25, 0.3) is 0 Å². The summed E-state index contributed by atoms with van der Waals surface area (Å²) in [5, 5.41) is 27.1. The number of aryl methyl sites for hydroxylation is 1. The number of ether oxygens (including phenoxy) is 2. The van der Waals surface area contributed by atoms with Gasteiger partial charge in [-0.05, 0) is 72.7 Å². The van der Waals surface area contributed by atoms with E-state index in [2.05, 4.69) is 29.7 Å². The van der Waals surface area contributed by atoms with Crippen LogP contribution >= 0.6 is 0 Å². The van der Waals surface area contributed by atoms with Gasteiger partial charge in [0.2, 0.25) is 5.91 Å². The first-order chi connectivity index (χ1) is 19.6. The highest BCUT2D eigenvalue weighted by Crippen LogP contribution is 2.31. The standard InChI is InChI=1S/C32H37F2N3O4/c1-5-21-7-6-8-23(11-21)18-36-19-28(38)27(14-24-12-25(33)16-26(34)13-24)37-31(39)32(2,20-35)17-22-9-10-29(40-3)30(15-22)41-4/h6-13,15-16,27-28,36,38H,5,14,17-19H2,1-4H3,(H,37,39)/t27-,28+,32?/m0/s1. The third-order valence-electron chi connectivity index (χ3n) is 6.99. The summed E-state index contributed by atoms with van der Waals surface area (Å²) in [5.74, 6) is -1.17. The lowest BCUT2D eigenvalue weighted by Crippen LogP contribution is -2.52. The molecular formula is C32H37F2N3O4. The Bertz CT molecular complexity index is 1360. The highest BCUT2D eigenvalue weighted by Gasteiger charge is 2.36. The van der Waals surface area contributed by atoms with Crippen LogP contribution in [0.3, 0.4) is 0 Å². The number of rotatable bonds is 14. The number of nitrogens with one attached hydrogen (secondary N) is 2. The number of carbonyl (C=O) groups is 1. The normalized spacial score (nSPS) is 13.9. The Morgan fingerprint density at radius 2 is 1.66 bits per heavy atom. The monoisotopic (exact) mass is 565 g/mol. The third-order valence-corrected chi connectivity index (χ3v) is 6.99. The molecule has 0 aliphatic rings. The number of nitrogens with zero attached hydrogens (tertiary/aromatic N) is 1. The van der Waals surface area contributed by atoms with E-state index >= 15 is 0 Å². The minimum absolute atomic E-state index is 0.0492. The van der Waals surface area contributed by atoms with Crippen LogP contribution < -0.4 is 20.1 Å². The number of benzene rings is 3. The van der Waals surface area contributed by atoms with Crippen molar-refractivity contribution in [2.75, 3.05) is 20.8 Å². The fourth-order valence-electron chi connectivity index (χ4n) is 4.63. The lowest BCUT2D eigenvalue weighted by atomic mass is 9.83. The molecule has 3 atom stereocenters. The minimum atomic E-state index is -1.52. The molecule has 41 heavy (non-hydrogen) atoms. The van der Waals surface area contributed by atoms with Gasteiger partial charge in [0.15, 0.2) is 11.5 Å². The Hall–Kier alpha value is -4.00. The summed E-state index contributed by atoms with van der Waals surface area (Å²) < 4.78 is 38.5. The molecule has 1 unspecified atom stereocenters. The van der Waals surface area contributed by atoms with Crippen molar-refractivity contribution in [3.63, 3.8) is 0 Å². The summed E-state index contributed by atoms with van der Waals surface area (Å²) in [6.45, 7) is 4.15. The first-order valence-corrected chi connectivity index (χ1v) is 13.5. The number of hydrogen-bond donors (Lipinski definition) is 3. The maximum Gasteiger partial charge on any atom is 0.240 e. The van der Waals surface area contributed by atoms with E-state index in [0.717, 1.165) is 30.2 Å². The van der Waals surface area contributed by atoms with Crippen molar-refractivity contribution in [2.24, 2.45) is 5.41 Å². The molecule has 0 saturated carbocycles. The number of aliphatic hydroxyl groups excluding tert-OH is 1. The van der Waals surface area contributed by atoms with E-state index < -0.39 is 35.1 Å². The van der Waals surface area contributed by atoms with E-state index in [4.69, 9.17) is 9.47 Å². The number of hydrogen-bond acceptors (Lipinski definition) is 6. The quantitative estimate of drug-likeness (QED) is 0.266. The molecule has 3 rings (SSSR count). The van der Waals surface area contributed by atoms with Crippen molar-refractivity contribution >= 4 is 5.91 Å². The van der Waals surface area contributed by atoms with Crippen molar-refractivity contribution in [2.45, 2.75) is 51.8 Å². The lowest BCUT2D eigenvalue weighted by Gasteiger charge is -2.29. The second kappa shape index (κ2) is 14.6.